The number of fused-ring (bicyclic) bond motifs is 6. The number of amides is 4. The predicted octanol–water partition coefficient (Wildman–Crippen LogP) is 2.95. The lowest BCUT2D eigenvalue weighted by Gasteiger charge is -2.39. The van der Waals surface area contributed by atoms with Crippen molar-refractivity contribution in [3.63, 3.8) is 0 Å². The molecule has 0 aliphatic carbocycles. The Morgan fingerprint density at radius 3 is 2.55 bits per heavy atom. The van der Waals surface area contributed by atoms with E-state index in [2.05, 4.69) is 23.3 Å². The van der Waals surface area contributed by atoms with Crippen LogP contribution in [0.15, 0.2) is 48.5 Å². The molecule has 2 aromatic carbocycles. The van der Waals surface area contributed by atoms with Gasteiger partial charge in [-0.3, -0.25) is 19.2 Å². The van der Waals surface area contributed by atoms with Gasteiger partial charge in [-0.1, -0.05) is 61.4 Å². The predicted molar refractivity (Wildman–Crippen MR) is 156 cm³/mol. The first-order chi connectivity index (χ1) is 19.5. The molecular formula is C31H38N4O4S. The second-order valence-electron chi connectivity index (χ2n) is 11.0. The van der Waals surface area contributed by atoms with Gasteiger partial charge in [0.05, 0.1) is 6.42 Å². The number of nitrogens with one attached hydrogen (secondary N) is 2. The lowest BCUT2D eigenvalue weighted by atomic mass is 9.90. The summed E-state index contributed by atoms with van der Waals surface area (Å²) in [6, 6.07) is 13.3. The van der Waals surface area contributed by atoms with Crippen LogP contribution in [0.2, 0.25) is 0 Å². The van der Waals surface area contributed by atoms with E-state index in [1.54, 1.807) is 9.80 Å². The molecule has 0 aromatic heterocycles. The van der Waals surface area contributed by atoms with Crippen molar-refractivity contribution in [2.75, 3.05) is 18.8 Å². The molecule has 8 nitrogen and oxygen atoms in total. The third-order valence-electron chi connectivity index (χ3n) is 8.27. The van der Waals surface area contributed by atoms with Gasteiger partial charge >= 0.3 is 0 Å². The van der Waals surface area contributed by atoms with E-state index in [9.17, 15) is 19.2 Å². The maximum absolute atomic E-state index is 14.2. The van der Waals surface area contributed by atoms with Gasteiger partial charge in [0.25, 0.3) is 5.91 Å². The second-order valence-corrected chi connectivity index (χ2v) is 11.4. The largest absolute Gasteiger partial charge is 0.350 e. The first-order valence-electron chi connectivity index (χ1n) is 14.4. The molecule has 212 valence electrons. The minimum atomic E-state index is -0.776. The molecule has 3 aliphatic heterocycles. The third-order valence-corrected chi connectivity index (χ3v) is 8.59. The van der Waals surface area contributed by atoms with E-state index in [4.69, 9.17) is 0 Å². The van der Waals surface area contributed by atoms with Gasteiger partial charge < -0.3 is 20.4 Å². The van der Waals surface area contributed by atoms with Gasteiger partial charge in [0.15, 0.2) is 0 Å². The summed E-state index contributed by atoms with van der Waals surface area (Å²) in [5, 5.41) is 5.96. The molecule has 0 unspecified atom stereocenters. The number of rotatable bonds is 5. The van der Waals surface area contributed by atoms with Crippen LogP contribution >= 0.6 is 12.6 Å². The molecule has 2 N–H and O–H groups in total. The number of hydrogen-bond donors (Lipinski definition) is 3. The zero-order valence-electron chi connectivity index (χ0n) is 22.8. The van der Waals surface area contributed by atoms with Crippen molar-refractivity contribution in [3.8, 4) is 0 Å². The van der Waals surface area contributed by atoms with Gasteiger partial charge in [0, 0.05) is 19.6 Å². The zero-order valence-corrected chi connectivity index (χ0v) is 23.7. The molecule has 5 rings (SSSR count). The van der Waals surface area contributed by atoms with Gasteiger partial charge in [-0.2, -0.15) is 12.6 Å². The molecule has 2 bridgehead atoms. The highest BCUT2D eigenvalue weighted by molar-refractivity contribution is 7.80. The Hall–Kier alpha value is -3.33. The van der Waals surface area contributed by atoms with E-state index < -0.39 is 18.1 Å². The summed E-state index contributed by atoms with van der Waals surface area (Å²) in [5.41, 5.74) is 3.60. The fourth-order valence-corrected chi connectivity index (χ4v) is 6.40. The Balaban J connectivity index is 1.50. The number of thiol groups is 1. The van der Waals surface area contributed by atoms with Gasteiger partial charge in [-0.15, -0.1) is 0 Å². The van der Waals surface area contributed by atoms with Crippen molar-refractivity contribution in [2.45, 2.75) is 76.0 Å². The highest BCUT2D eigenvalue weighted by Gasteiger charge is 2.43. The highest BCUT2D eigenvalue weighted by Crippen LogP contribution is 2.34. The minimum absolute atomic E-state index is 0.123. The van der Waals surface area contributed by atoms with Crippen molar-refractivity contribution >= 4 is 36.3 Å². The van der Waals surface area contributed by atoms with Gasteiger partial charge in [0.2, 0.25) is 17.7 Å². The summed E-state index contributed by atoms with van der Waals surface area (Å²) in [4.78, 5) is 58.1. The Labute approximate surface area is 241 Å². The maximum Gasteiger partial charge on any atom is 0.250 e. The van der Waals surface area contributed by atoms with Crippen LogP contribution < -0.4 is 10.6 Å². The van der Waals surface area contributed by atoms with E-state index in [0.29, 0.717) is 45.3 Å². The standard InChI is InChI=1S/C31H38N4O4S/c36-27-19-21-8-6-9-22(18-21)20-32-29(37)25(12-2-1-5-17-40)33-30(38)26-13-7-15-34(26)31(39)28-24-11-4-3-10-23(24)14-16-35(27)28/h3-4,6,8-11,18,25-26,28,40H,1-2,5,7,12-17,19-20H2,(H,32,37)(H,33,38)/t25-,26+,28-/m0/s1. The third kappa shape index (κ3) is 6.19. The van der Waals surface area contributed by atoms with Crippen LogP contribution in [0.4, 0.5) is 0 Å². The van der Waals surface area contributed by atoms with Crippen LogP contribution in [0, 0.1) is 0 Å². The van der Waals surface area contributed by atoms with Crippen molar-refractivity contribution in [1.29, 1.82) is 0 Å². The molecule has 1 saturated heterocycles. The van der Waals surface area contributed by atoms with Crippen LogP contribution in [-0.2, 0) is 38.6 Å². The smallest absolute Gasteiger partial charge is 0.250 e. The van der Waals surface area contributed by atoms with E-state index in [-0.39, 0.29) is 30.0 Å². The quantitative estimate of drug-likeness (QED) is 0.386. The average molecular weight is 563 g/mol. The Bertz CT molecular complexity index is 1270. The van der Waals surface area contributed by atoms with Crippen LogP contribution in [0.5, 0.6) is 0 Å². The molecule has 1 fully saturated rings. The maximum atomic E-state index is 14.2. The molecule has 40 heavy (non-hydrogen) atoms. The minimum Gasteiger partial charge on any atom is -0.350 e. The van der Waals surface area contributed by atoms with Gasteiger partial charge in [-0.25, -0.2) is 0 Å². The normalized spacial score (nSPS) is 23.7. The Kier molecular flexibility index (Phi) is 9.09. The van der Waals surface area contributed by atoms with Crippen molar-refractivity contribution in [2.24, 2.45) is 0 Å². The molecule has 0 spiro atoms. The number of benzene rings is 2. The number of carbonyl (C=O) groups is 4. The Morgan fingerprint density at radius 1 is 0.875 bits per heavy atom. The lowest BCUT2D eigenvalue weighted by Crippen LogP contribution is -2.55. The fraction of sp³-hybridized carbons (Fsp3) is 0.484. The molecule has 0 radical (unpaired) electrons. The fourth-order valence-electron chi connectivity index (χ4n) is 6.17. The monoisotopic (exact) mass is 562 g/mol. The topological polar surface area (TPSA) is 98.8 Å². The summed E-state index contributed by atoms with van der Waals surface area (Å²) < 4.78 is 0. The second kappa shape index (κ2) is 12.9. The average Bonchev–Trinajstić information content (AvgIpc) is 3.46. The van der Waals surface area contributed by atoms with E-state index in [0.717, 1.165) is 47.3 Å². The molecule has 2 aromatic rings. The van der Waals surface area contributed by atoms with Crippen LogP contribution in [0.1, 0.15) is 66.8 Å². The number of unbranched alkanes of at least 4 members (excludes halogenated alkanes) is 2. The molecule has 0 saturated carbocycles. The first-order valence-corrected chi connectivity index (χ1v) is 15.0. The molecule has 3 atom stereocenters. The zero-order chi connectivity index (χ0) is 28.1. The summed E-state index contributed by atoms with van der Waals surface area (Å²) in [6.07, 6.45) is 5.23. The molecule has 4 amide bonds. The Morgan fingerprint density at radius 2 is 1.70 bits per heavy atom. The van der Waals surface area contributed by atoms with Crippen LogP contribution in [-0.4, -0.2) is 64.4 Å². The number of nitrogens with zero attached hydrogens (tertiary/aromatic N) is 2. The van der Waals surface area contributed by atoms with Gasteiger partial charge in [-0.05, 0) is 60.1 Å². The first kappa shape index (κ1) is 28.2. The molecule has 3 heterocycles. The summed E-state index contributed by atoms with van der Waals surface area (Å²) in [5.74, 6) is -0.119. The SMILES string of the molecule is O=C1NCc2cccc(c2)CC(=O)N2CCc3ccccc3[C@H]2C(=O)N2CCC[C@@H]2C(=O)N[C@H]1CCCCCS. The van der Waals surface area contributed by atoms with Crippen LogP contribution in [0.25, 0.3) is 0 Å². The van der Waals surface area contributed by atoms with E-state index >= 15 is 0 Å². The molecular weight excluding hydrogens is 524 g/mol. The molecule has 9 heteroatoms. The highest BCUT2D eigenvalue weighted by atomic mass is 32.1. The summed E-state index contributed by atoms with van der Waals surface area (Å²) in [6.45, 7) is 1.19. The van der Waals surface area contributed by atoms with Gasteiger partial charge in [0.1, 0.15) is 18.1 Å². The lowest BCUT2D eigenvalue weighted by molar-refractivity contribution is -0.149. The van der Waals surface area contributed by atoms with Crippen molar-refractivity contribution < 1.29 is 19.2 Å². The molecule has 3 aliphatic rings. The van der Waals surface area contributed by atoms with Crippen molar-refractivity contribution in [3.05, 3.63) is 70.8 Å². The number of carbonyl (C=O) groups excluding carboxylic acids is 4. The summed E-state index contributed by atoms with van der Waals surface area (Å²) >= 11 is 4.28. The van der Waals surface area contributed by atoms with E-state index in [1.165, 1.54) is 0 Å². The van der Waals surface area contributed by atoms with E-state index in [1.807, 2.05) is 48.5 Å². The number of hydrogen-bond acceptors (Lipinski definition) is 5. The summed E-state index contributed by atoms with van der Waals surface area (Å²) in [7, 11) is 0. The van der Waals surface area contributed by atoms with Crippen LogP contribution in [0.3, 0.4) is 0 Å². The van der Waals surface area contributed by atoms with Crippen molar-refractivity contribution in [1.82, 2.24) is 20.4 Å².